The van der Waals surface area contributed by atoms with Gasteiger partial charge in [0, 0.05) is 19.4 Å². The van der Waals surface area contributed by atoms with Crippen LogP contribution in [0.1, 0.15) is 386 Å². The third kappa shape index (κ3) is 72.6. The maximum Gasteiger partial charge on any atom is 0.472 e. The molecule has 0 aromatic heterocycles. The highest BCUT2D eigenvalue weighted by molar-refractivity contribution is 7.47. The second-order valence-electron chi connectivity index (χ2n) is 25.5. The van der Waals surface area contributed by atoms with Gasteiger partial charge in [-0.05, 0) is 83.5 Å². The Morgan fingerprint density at radius 1 is 0.345 bits per heavy atom. The van der Waals surface area contributed by atoms with Crippen molar-refractivity contribution in [3.63, 3.8) is 0 Å². The van der Waals surface area contributed by atoms with Crippen LogP contribution < -0.4 is 5.73 Å². The average molecular weight is 1240 g/mol. The summed E-state index contributed by atoms with van der Waals surface area (Å²) in [6.45, 7) is 3.78. The molecule has 2 unspecified atom stereocenters. The summed E-state index contributed by atoms with van der Waals surface area (Å²) in [6, 6.07) is 0. The van der Waals surface area contributed by atoms with Crippen LogP contribution in [-0.2, 0) is 32.7 Å². The van der Waals surface area contributed by atoms with Gasteiger partial charge >= 0.3 is 19.8 Å². The van der Waals surface area contributed by atoms with Crippen LogP contribution in [0.5, 0.6) is 0 Å². The molecule has 0 spiro atoms. The van der Waals surface area contributed by atoms with E-state index in [0.717, 1.165) is 57.8 Å². The lowest BCUT2D eigenvalue weighted by molar-refractivity contribution is -0.161. The molecule has 2 atom stereocenters. The largest absolute Gasteiger partial charge is 0.472 e. The Hall–Kier alpha value is -2.29. The fourth-order valence-electron chi connectivity index (χ4n) is 11.3. The van der Waals surface area contributed by atoms with Gasteiger partial charge in [0.05, 0.1) is 13.2 Å². The number of unbranched alkanes of at least 4 members (excludes halogenated alkanes) is 49. The Morgan fingerprint density at radius 2 is 0.598 bits per heavy atom. The third-order valence-electron chi connectivity index (χ3n) is 16.9. The number of allylic oxidation sites excluding steroid dienone is 10. The van der Waals surface area contributed by atoms with Gasteiger partial charge in [0.15, 0.2) is 6.10 Å². The van der Waals surface area contributed by atoms with Crippen molar-refractivity contribution in [2.75, 3.05) is 26.4 Å². The van der Waals surface area contributed by atoms with E-state index in [2.05, 4.69) is 74.6 Å². The number of rotatable bonds is 72. The second kappa shape index (κ2) is 72.8. The number of phosphoric acid groups is 1. The van der Waals surface area contributed by atoms with Crippen molar-refractivity contribution in [1.29, 1.82) is 0 Å². The Labute approximate surface area is 539 Å². The Balaban J connectivity index is 3.78. The van der Waals surface area contributed by atoms with Gasteiger partial charge in [-0.1, -0.05) is 351 Å². The van der Waals surface area contributed by atoms with Gasteiger partial charge in [-0.25, -0.2) is 4.57 Å². The van der Waals surface area contributed by atoms with Gasteiger partial charge in [0.2, 0.25) is 0 Å². The van der Waals surface area contributed by atoms with Crippen LogP contribution in [0.3, 0.4) is 0 Å². The fraction of sp³-hybridized carbons (Fsp3) is 0.844. The van der Waals surface area contributed by atoms with Crippen molar-refractivity contribution in [2.24, 2.45) is 5.73 Å². The molecular formula is C77H144NO8P. The van der Waals surface area contributed by atoms with Gasteiger partial charge < -0.3 is 20.1 Å². The van der Waals surface area contributed by atoms with Gasteiger partial charge in [-0.3, -0.25) is 18.6 Å². The zero-order valence-corrected chi connectivity index (χ0v) is 58.4. The van der Waals surface area contributed by atoms with Crippen LogP contribution >= 0.6 is 7.82 Å². The van der Waals surface area contributed by atoms with Crippen molar-refractivity contribution in [2.45, 2.75) is 392 Å². The van der Waals surface area contributed by atoms with E-state index in [9.17, 15) is 19.0 Å². The summed E-state index contributed by atoms with van der Waals surface area (Å²) in [5.41, 5.74) is 5.41. The van der Waals surface area contributed by atoms with Crippen molar-refractivity contribution < 1.29 is 37.6 Å². The van der Waals surface area contributed by atoms with Crippen LogP contribution in [0, 0.1) is 0 Å². The molecular weight excluding hydrogens is 1100 g/mol. The molecule has 0 radical (unpaired) electrons. The van der Waals surface area contributed by atoms with E-state index in [1.165, 1.54) is 295 Å². The first-order valence-corrected chi connectivity index (χ1v) is 39.3. The van der Waals surface area contributed by atoms with E-state index in [1.54, 1.807) is 0 Å². The predicted molar refractivity (Wildman–Crippen MR) is 376 cm³/mol. The Kier molecular flexibility index (Phi) is 70.9. The molecule has 0 aliphatic rings. The third-order valence-corrected chi connectivity index (χ3v) is 17.9. The molecule has 0 aliphatic heterocycles. The standard InChI is InChI=1S/C77H144NO8P/c1-3-5-7-9-11-13-15-17-19-21-23-25-27-29-31-32-33-34-35-36-37-38-39-40-41-42-44-45-47-49-51-53-55-57-59-61-63-65-67-69-76(79)83-73-75(74-85-87(81,82)84-72-71-78)86-77(80)70-68-66-64-62-60-58-56-54-52-50-48-46-43-30-28-26-24-22-20-18-16-14-12-10-8-6-4-2/h15-18,21-24,28,30,75H,3-14,19-20,25-27,29,31-74,78H2,1-2H3,(H,81,82)/b17-15-,18-16-,23-21-,24-22-,30-28-. The highest BCUT2D eigenvalue weighted by Crippen LogP contribution is 2.43. The van der Waals surface area contributed by atoms with E-state index < -0.39 is 26.5 Å². The molecule has 0 bridgehead atoms. The normalized spacial score (nSPS) is 13.2. The molecule has 0 heterocycles. The summed E-state index contributed by atoms with van der Waals surface area (Å²) in [5, 5.41) is 0. The lowest BCUT2D eigenvalue weighted by Crippen LogP contribution is -2.29. The molecule has 0 rings (SSSR count). The van der Waals surface area contributed by atoms with Gasteiger partial charge in [0.1, 0.15) is 6.61 Å². The van der Waals surface area contributed by atoms with Crippen LogP contribution in [0.15, 0.2) is 60.8 Å². The zero-order chi connectivity index (χ0) is 63.0. The number of carbonyl (C=O) groups is 2. The first kappa shape index (κ1) is 84.7. The molecule has 0 aromatic carbocycles. The molecule has 3 N–H and O–H groups in total. The number of hydrogen-bond acceptors (Lipinski definition) is 8. The van der Waals surface area contributed by atoms with Crippen molar-refractivity contribution in [3.05, 3.63) is 60.8 Å². The molecule has 0 aliphatic carbocycles. The maximum absolute atomic E-state index is 12.8. The molecule has 0 saturated heterocycles. The summed E-state index contributed by atoms with van der Waals surface area (Å²) < 4.78 is 33.2. The molecule has 0 saturated carbocycles. The predicted octanol–water partition coefficient (Wildman–Crippen LogP) is 25.0. The topological polar surface area (TPSA) is 134 Å². The van der Waals surface area contributed by atoms with Crippen molar-refractivity contribution in [1.82, 2.24) is 0 Å². The van der Waals surface area contributed by atoms with E-state index in [-0.39, 0.29) is 38.6 Å². The molecule has 9 nitrogen and oxygen atoms in total. The number of ether oxygens (including phenoxy) is 2. The molecule has 0 amide bonds. The van der Waals surface area contributed by atoms with Gasteiger partial charge in [-0.15, -0.1) is 0 Å². The molecule has 87 heavy (non-hydrogen) atoms. The van der Waals surface area contributed by atoms with E-state index in [1.807, 2.05) is 0 Å². The highest BCUT2D eigenvalue weighted by Gasteiger charge is 2.26. The Morgan fingerprint density at radius 3 is 0.885 bits per heavy atom. The summed E-state index contributed by atoms with van der Waals surface area (Å²) in [5.74, 6) is -0.811. The number of hydrogen-bond donors (Lipinski definition) is 2. The second-order valence-corrected chi connectivity index (χ2v) is 27.0. The SMILES string of the molecule is CCCCCCC/C=C\C/C=C\C/C=C\CCCCCCCCCCCCCCC(=O)OC(COC(=O)CCCCCCCCCCCCCCCCCCCCCCCCCCCCC/C=C\C/C=C\CCCCCCC)COP(=O)(O)OCCN. The molecule has 0 aromatic rings. The minimum atomic E-state index is -4.39. The van der Waals surface area contributed by atoms with Crippen LogP contribution in [0.2, 0.25) is 0 Å². The smallest absolute Gasteiger partial charge is 0.462 e. The number of carbonyl (C=O) groups excluding carboxylic acids is 2. The lowest BCUT2D eigenvalue weighted by atomic mass is 10.0. The summed E-state index contributed by atoms with van der Waals surface area (Å²) >= 11 is 0. The minimum Gasteiger partial charge on any atom is -0.462 e. The van der Waals surface area contributed by atoms with Crippen molar-refractivity contribution in [3.8, 4) is 0 Å². The van der Waals surface area contributed by atoms with Crippen molar-refractivity contribution >= 4 is 19.8 Å². The van der Waals surface area contributed by atoms with Crippen LogP contribution in [0.4, 0.5) is 0 Å². The number of esters is 2. The quantitative estimate of drug-likeness (QED) is 0.0264. The van der Waals surface area contributed by atoms with E-state index in [0.29, 0.717) is 6.42 Å². The maximum atomic E-state index is 12.8. The average Bonchev–Trinajstić information content (AvgIpc) is 3.62. The van der Waals surface area contributed by atoms with E-state index >= 15 is 0 Å². The van der Waals surface area contributed by atoms with Gasteiger partial charge in [-0.2, -0.15) is 0 Å². The monoisotopic (exact) mass is 1240 g/mol. The van der Waals surface area contributed by atoms with Gasteiger partial charge in [0.25, 0.3) is 0 Å². The van der Waals surface area contributed by atoms with E-state index in [4.69, 9.17) is 24.3 Å². The minimum absolute atomic E-state index is 0.0537. The first-order valence-electron chi connectivity index (χ1n) is 37.8. The summed E-state index contributed by atoms with van der Waals surface area (Å²) in [4.78, 5) is 35.4. The number of nitrogens with two attached hydrogens (primary N) is 1. The Bertz CT molecular complexity index is 1610. The van der Waals surface area contributed by atoms with Crippen LogP contribution in [0.25, 0.3) is 0 Å². The first-order chi connectivity index (χ1) is 42.8. The van der Waals surface area contributed by atoms with Crippen LogP contribution in [-0.4, -0.2) is 49.3 Å². The number of phosphoric ester groups is 1. The highest BCUT2D eigenvalue weighted by atomic mass is 31.2. The summed E-state index contributed by atoms with van der Waals surface area (Å²) in [6.07, 6.45) is 94.9. The zero-order valence-electron chi connectivity index (χ0n) is 57.5. The fourth-order valence-corrected chi connectivity index (χ4v) is 12.0. The summed E-state index contributed by atoms with van der Waals surface area (Å²) in [7, 11) is -4.39. The molecule has 0 fully saturated rings. The molecule has 10 heteroatoms. The molecule has 510 valence electrons. The lowest BCUT2D eigenvalue weighted by Gasteiger charge is -2.19.